The summed E-state index contributed by atoms with van der Waals surface area (Å²) in [6, 6.07) is 0. The maximum atomic E-state index is 15.2. The molecule has 2 rings (SSSR count). The highest BCUT2D eigenvalue weighted by atomic mass is 32.1. The van der Waals surface area contributed by atoms with E-state index in [-0.39, 0.29) is 10.8 Å². The summed E-state index contributed by atoms with van der Waals surface area (Å²) < 4.78 is 117. The normalized spacial score (nSPS) is 29.5. The van der Waals surface area contributed by atoms with E-state index in [9.17, 15) is 41.3 Å². The molecule has 0 radical (unpaired) electrons. The van der Waals surface area contributed by atoms with E-state index in [0.29, 0.717) is 0 Å². The largest absolute Gasteiger partial charge is 0.490 e. The number of aliphatic hydroxyl groups excluding tert-OH is 1. The number of aromatic nitrogens is 2. The molecule has 14 nitrogen and oxygen atoms in total. The van der Waals surface area contributed by atoms with E-state index in [1.165, 1.54) is 0 Å². The Labute approximate surface area is 194 Å². The number of aliphatic hydroxyl groups is 1. The Balaban J connectivity index is 2.33. The monoisotopic (exact) mass is 604 g/mol. The van der Waals surface area contributed by atoms with Crippen molar-refractivity contribution in [3.05, 3.63) is 21.4 Å². The third-order valence-electron chi connectivity index (χ3n) is 3.87. The molecule has 1 aromatic heterocycles. The van der Waals surface area contributed by atoms with Crippen molar-refractivity contribution in [1.29, 1.82) is 0 Å². The Morgan fingerprint density at radius 1 is 1.15 bits per heavy atom. The number of nitrogens with zero attached hydrogens (tertiary/aromatic N) is 1. The van der Waals surface area contributed by atoms with Gasteiger partial charge in [0, 0.05) is 6.20 Å². The zero-order chi connectivity index (χ0) is 26.5. The number of alkyl halides is 4. The van der Waals surface area contributed by atoms with Crippen LogP contribution in [0.25, 0.3) is 0 Å². The summed E-state index contributed by atoms with van der Waals surface area (Å²) in [6.45, 7) is -1.64. The van der Waals surface area contributed by atoms with Crippen LogP contribution in [0.5, 0.6) is 0 Å². The lowest BCUT2D eigenvalue weighted by Crippen LogP contribution is -2.54. The second-order valence-electron chi connectivity index (χ2n) is 6.27. The van der Waals surface area contributed by atoms with Crippen molar-refractivity contribution in [3.63, 3.8) is 0 Å². The maximum Gasteiger partial charge on any atom is 0.490 e. The number of rotatable bonds is 8. The van der Waals surface area contributed by atoms with E-state index in [0.717, 1.165) is 0 Å². The second-order valence-corrected chi connectivity index (χ2v) is 11.5. The molecular weight excluding hydrogens is 592 g/mol. The number of aromatic amines is 1. The fraction of sp³-hybridized carbons (Fsp3) is 0.600. The lowest BCUT2D eigenvalue weighted by atomic mass is 9.95. The summed E-state index contributed by atoms with van der Waals surface area (Å²) in [5.41, 5.74) is -4.71. The van der Waals surface area contributed by atoms with Gasteiger partial charge in [0.2, 0.25) is 0 Å². The zero-order valence-electron chi connectivity index (χ0n) is 15.6. The molecule has 24 heteroatoms. The predicted molar refractivity (Wildman–Crippen MR) is 100 cm³/mol. The standard InChI is InChI=1S/C10H12F5N2O12P3S2/c11-3-1-17(8(34)16-6(3)33)7-9(12,10(13,14)15)5(18)4(27-7)2-26-31(22,23)29-32(24,25)28-30(19,20)21/h1,4-5,7,18H,2H2,(H,22,23)(H,24,25)(H,16,33,34)(H2,19,20,21)/t4-,5+,7-,9?/m1/s1. The first-order valence-electron chi connectivity index (χ1n) is 7.98. The average Bonchev–Trinajstić information content (AvgIpc) is 2.85. The van der Waals surface area contributed by atoms with Gasteiger partial charge in [0.25, 0.3) is 5.67 Å². The first-order valence-corrected chi connectivity index (χ1v) is 13.3. The highest BCUT2D eigenvalue weighted by Crippen LogP contribution is 2.66. The van der Waals surface area contributed by atoms with Gasteiger partial charge in [-0.2, -0.15) is 21.8 Å². The smallest absolute Gasteiger partial charge is 0.386 e. The van der Waals surface area contributed by atoms with E-state index in [1.807, 2.05) is 4.98 Å². The molecule has 6 atom stereocenters. The molecule has 1 saturated heterocycles. The quantitative estimate of drug-likeness (QED) is 0.143. The number of ether oxygens (including phenoxy) is 1. The first kappa shape index (κ1) is 29.7. The molecule has 1 aliphatic heterocycles. The number of phosphoric ester groups is 1. The van der Waals surface area contributed by atoms with Crippen molar-refractivity contribution in [1.82, 2.24) is 9.55 Å². The minimum atomic E-state index is -5.97. The number of hydrogen-bond donors (Lipinski definition) is 6. The van der Waals surface area contributed by atoms with Crippen molar-refractivity contribution >= 4 is 47.9 Å². The Hall–Kier alpha value is -0.500. The van der Waals surface area contributed by atoms with Gasteiger partial charge >= 0.3 is 29.6 Å². The zero-order valence-corrected chi connectivity index (χ0v) is 19.9. The molecule has 1 fully saturated rings. The SMILES string of the molecule is O=P(O)(O)OP(=O)(O)OP(=O)(O)OC[C@H]1O[C@@H](n2cc(F)c(=S)[nH]c2=S)C(F)(C(F)(F)F)[C@H]1O. The predicted octanol–water partition coefficient (Wildman–Crippen LogP) is 2.29. The van der Waals surface area contributed by atoms with Gasteiger partial charge in [-0.25, -0.2) is 22.5 Å². The third-order valence-corrected chi connectivity index (χ3v) is 8.29. The molecule has 3 unspecified atom stereocenters. The van der Waals surface area contributed by atoms with Crippen molar-refractivity contribution in [2.24, 2.45) is 0 Å². The lowest BCUT2D eigenvalue weighted by Gasteiger charge is -2.31. The molecule has 0 amide bonds. The van der Waals surface area contributed by atoms with Gasteiger partial charge < -0.3 is 34.4 Å². The Bertz CT molecular complexity index is 1200. The Morgan fingerprint density at radius 2 is 1.71 bits per heavy atom. The second kappa shape index (κ2) is 9.75. The van der Waals surface area contributed by atoms with Gasteiger partial charge in [-0.3, -0.25) is 9.09 Å². The molecule has 1 aliphatic rings. The average molecular weight is 604 g/mol. The number of hydrogen-bond acceptors (Lipinski definition) is 10. The highest BCUT2D eigenvalue weighted by molar-refractivity contribution is 7.72. The van der Waals surface area contributed by atoms with Crippen LogP contribution in [-0.2, 0) is 31.6 Å². The molecule has 0 saturated carbocycles. The van der Waals surface area contributed by atoms with Gasteiger partial charge in [-0.05, 0) is 12.2 Å². The molecule has 34 heavy (non-hydrogen) atoms. The maximum absolute atomic E-state index is 15.2. The molecular formula is C10H12F5N2O12P3S2. The number of nitrogens with one attached hydrogen (secondary N) is 1. The molecule has 2 heterocycles. The summed E-state index contributed by atoms with van der Waals surface area (Å²) in [5.74, 6) is -1.36. The fourth-order valence-corrected chi connectivity index (χ4v) is 6.06. The van der Waals surface area contributed by atoms with Gasteiger partial charge in [-0.15, -0.1) is 0 Å². The summed E-state index contributed by atoms with van der Waals surface area (Å²) in [5, 5.41) is 9.96. The Morgan fingerprint density at radius 3 is 2.21 bits per heavy atom. The molecule has 0 aromatic carbocycles. The minimum absolute atomic E-state index is 0.0853. The van der Waals surface area contributed by atoms with Crippen LogP contribution in [0.1, 0.15) is 6.23 Å². The first-order chi connectivity index (χ1) is 15.1. The van der Waals surface area contributed by atoms with Crippen molar-refractivity contribution < 1.29 is 78.2 Å². The summed E-state index contributed by atoms with van der Waals surface area (Å²) in [7, 11) is -17.6. The molecule has 196 valence electrons. The third kappa shape index (κ3) is 6.63. The molecule has 0 bridgehead atoms. The molecule has 0 spiro atoms. The van der Waals surface area contributed by atoms with Gasteiger partial charge in [0.05, 0.1) is 6.61 Å². The molecule has 0 aliphatic carbocycles. The van der Waals surface area contributed by atoms with Crippen LogP contribution in [0.15, 0.2) is 6.20 Å². The molecule has 1 aromatic rings. The van der Waals surface area contributed by atoms with Crippen LogP contribution in [0.2, 0.25) is 0 Å². The van der Waals surface area contributed by atoms with Gasteiger partial charge in [-0.1, -0.05) is 12.2 Å². The van der Waals surface area contributed by atoms with Crippen LogP contribution in [0, 0.1) is 15.2 Å². The van der Waals surface area contributed by atoms with Gasteiger partial charge in [0.1, 0.15) is 16.8 Å². The molecule has 6 N–H and O–H groups in total. The topological polar surface area (TPSA) is 210 Å². The number of phosphoric acid groups is 3. The van der Waals surface area contributed by atoms with Crippen LogP contribution >= 0.6 is 47.9 Å². The van der Waals surface area contributed by atoms with Gasteiger partial charge in [0.15, 0.2) is 16.8 Å². The fourth-order valence-electron chi connectivity index (χ4n) is 2.57. The van der Waals surface area contributed by atoms with E-state index >= 15 is 4.39 Å². The van der Waals surface area contributed by atoms with Crippen LogP contribution < -0.4 is 0 Å². The van der Waals surface area contributed by atoms with Crippen LogP contribution in [0.4, 0.5) is 22.0 Å². The Kier molecular flexibility index (Phi) is 8.53. The summed E-state index contributed by atoms with van der Waals surface area (Å²) in [4.78, 5) is 37.2. The number of halogens is 5. The van der Waals surface area contributed by atoms with Crippen LogP contribution in [-0.4, -0.2) is 64.9 Å². The van der Waals surface area contributed by atoms with Crippen molar-refractivity contribution in [2.75, 3.05) is 6.61 Å². The highest BCUT2D eigenvalue weighted by Gasteiger charge is 2.73. The lowest BCUT2D eigenvalue weighted by molar-refractivity contribution is -0.274. The minimum Gasteiger partial charge on any atom is -0.386 e. The van der Waals surface area contributed by atoms with E-state index in [4.69, 9.17) is 19.4 Å². The van der Waals surface area contributed by atoms with E-state index in [1.54, 1.807) is 0 Å². The van der Waals surface area contributed by atoms with Crippen LogP contribution in [0.3, 0.4) is 0 Å². The summed E-state index contributed by atoms with van der Waals surface area (Å²) >= 11 is 9.17. The summed E-state index contributed by atoms with van der Waals surface area (Å²) in [6.07, 6.45) is -14.3. The van der Waals surface area contributed by atoms with E-state index < -0.39 is 75.6 Å². The van der Waals surface area contributed by atoms with Crippen molar-refractivity contribution in [3.8, 4) is 0 Å². The number of H-pyrrole nitrogens is 1. The van der Waals surface area contributed by atoms with E-state index in [2.05, 4.69) is 37.6 Å². The van der Waals surface area contributed by atoms with Crippen molar-refractivity contribution in [2.45, 2.75) is 30.3 Å².